The zero-order valence-electron chi connectivity index (χ0n) is 16.8. The van der Waals surface area contributed by atoms with Crippen molar-refractivity contribution < 1.29 is 14.3 Å². The number of hydrogen-bond donors (Lipinski definition) is 0. The van der Waals surface area contributed by atoms with E-state index in [-0.39, 0.29) is 17.9 Å². The van der Waals surface area contributed by atoms with E-state index >= 15 is 0 Å². The van der Waals surface area contributed by atoms with E-state index in [9.17, 15) is 9.59 Å². The molecule has 0 aliphatic heterocycles. The van der Waals surface area contributed by atoms with Crippen LogP contribution in [0.5, 0.6) is 11.5 Å². The smallest absolute Gasteiger partial charge is 0.263 e. The molecule has 4 aromatic rings. The molecule has 0 fully saturated rings. The van der Waals surface area contributed by atoms with Gasteiger partial charge in [-0.3, -0.25) is 14.2 Å². The first kappa shape index (κ1) is 19.8. The number of fused-ring (bicyclic) bond motifs is 1. The molecule has 0 aliphatic rings. The van der Waals surface area contributed by atoms with Gasteiger partial charge in [-0.05, 0) is 30.7 Å². The van der Waals surface area contributed by atoms with Gasteiger partial charge >= 0.3 is 0 Å². The number of ether oxygens (including phenoxy) is 2. The minimum Gasteiger partial charge on any atom is -0.493 e. The number of rotatable bonds is 6. The van der Waals surface area contributed by atoms with E-state index in [1.807, 2.05) is 36.6 Å². The number of carbonyl (C=O) groups is 1. The van der Waals surface area contributed by atoms with Gasteiger partial charge in [0.25, 0.3) is 5.56 Å². The van der Waals surface area contributed by atoms with Crippen molar-refractivity contribution in [3.63, 3.8) is 0 Å². The van der Waals surface area contributed by atoms with E-state index in [1.165, 1.54) is 36.5 Å². The molecule has 0 radical (unpaired) electrons. The van der Waals surface area contributed by atoms with Crippen molar-refractivity contribution in [1.29, 1.82) is 0 Å². The maximum atomic E-state index is 13.2. The number of aromatic nitrogens is 2. The second-order valence-electron chi connectivity index (χ2n) is 6.87. The Morgan fingerprint density at radius 3 is 2.50 bits per heavy atom. The minimum absolute atomic E-state index is 0.111. The second-order valence-corrected chi connectivity index (χ2v) is 7.72. The Bertz CT molecular complexity index is 1290. The van der Waals surface area contributed by atoms with Crippen LogP contribution in [0, 0.1) is 6.92 Å². The van der Waals surface area contributed by atoms with E-state index in [0.29, 0.717) is 27.3 Å². The number of aryl methyl sites for hydroxylation is 1. The quantitative estimate of drug-likeness (QED) is 0.434. The molecule has 0 saturated carbocycles. The molecule has 0 aliphatic carbocycles. The third kappa shape index (κ3) is 3.59. The lowest BCUT2D eigenvalue weighted by Crippen LogP contribution is -2.24. The van der Waals surface area contributed by atoms with Gasteiger partial charge in [0.15, 0.2) is 17.3 Å². The van der Waals surface area contributed by atoms with Crippen molar-refractivity contribution in [3.05, 3.63) is 75.7 Å². The van der Waals surface area contributed by atoms with Crippen molar-refractivity contribution in [1.82, 2.24) is 9.55 Å². The van der Waals surface area contributed by atoms with Crippen LogP contribution < -0.4 is 15.0 Å². The van der Waals surface area contributed by atoms with Crippen molar-refractivity contribution in [2.24, 2.45) is 0 Å². The molecule has 7 heteroatoms. The summed E-state index contributed by atoms with van der Waals surface area (Å²) in [5.41, 5.74) is 3.14. The highest BCUT2D eigenvalue weighted by Crippen LogP contribution is 2.31. The SMILES string of the molecule is COc1ccc(C(=O)Cn2cnc3scc(-c4ccc(C)cc4)c3c2=O)cc1OC. The summed E-state index contributed by atoms with van der Waals surface area (Å²) >= 11 is 1.42. The number of carbonyl (C=O) groups excluding carboxylic acids is 1. The van der Waals surface area contributed by atoms with Gasteiger partial charge in [0.05, 0.1) is 32.5 Å². The summed E-state index contributed by atoms with van der Waals surface area (Å²) < 4.78 is 11.8. The van der Waals surface area contributed by atoms with Crippen LogP contribution in [0.4, 0.5) is 0 Å². The van der Waals surface area contributed by atoms with Crippen molar-refractivity contribution >= 4 is 27.3 Å². The second kappa shape index (κ2) is 8.12. The zero-order valence-corrected chi connectivity index (χ0v) is 17.7. The first-order chi connectivity index (χ1) is 14.5. The van der Waals surface area contributed by atoms with Gasteiger partial charge in [0, 0.05) is 16.5 Å². The van der Waals surface area contributed by atoms with Crippen LogP contribution in [-0.4, -0.2) is 29.6 Å². The molecule has 30 heavy (non-hydrogen) atoms. The topological polar surface area (TPSA) is 70.4 Å². The molecule has 0 saturated heterocycles. The summed E-state index contributed by atoms with van der Waals surface area (Å²) in [7, 11) is 3.05. The van der Waals surface area contributed by atoms with Gasteiger partial charge in [-0.2, -0.15) is 0 Å². The average molecular weight is 420 g/mol. The molecular formula is C23H20N2O4S. The Hall–Kier alpha value is -3.45. The number of Topliss-reactive ketones (excluding diaryl/α,β-unsaturated/α-hetero) is 1. The van der Waals surface area contributed by atoms with E-state index in [0.717, 1.165) is 16.7 Å². The van der Waals surface area contributed by atoms with Gasteiger partial charge in [0.1, 0.15) is 4.83 Å². The monoisotopic (exact) mass is 420 g/mol. The molecule has 6 nitrogen and oxygen atoms in total. The summed E-state index contributed by atoms with van der Waals surface area (Å²) in [6, 6.07) is 12.9. The number of benzene rings is 2. The predicted octanol–water partition coefficient (Wildman–Crippen LogP) is 4.33. The van der Waals surface area contributed by atoms with Gasteiger partial charge in [-0.1, -0.05) is 29.8 Å². The molecule has 0 bridgehead atoms. The lowest BCUT2D eigenvalue weighted by atomic mass is 10.0. The van der Waals surface area contributed by atoms with Crippen LogP contribution in [0.15, 0.2) is 59.0 Å². The van der Waals surface area contributed by atoms with Crippen molar-refractivity contribution in [2.45, 2.75) is 13.5 Å². The van der Waals surface area contributed by atoms with Crippen LogP contribution in [0.1, 0.15) is 15.9 Å². The number of nitrogens with zero attached hydrogens (tertiary/aromatic N) is 2. The maximum absolute atomic E-state index is 13.2. The lowest BCUT2D eigenvalue weighted by molar-refractivity contribution is 0.0970. The molecule has 0 atom stereocenters. The number of thiophene rings is 1. The van der Waals surface area contributed by atoms with Crippen LogP contribution in [0.2, 0.25) is 0 Å². The van der Waals surface area contributed by atoms with Gasteiger partial charge in [0.2, 0.25) is 0 Å². The summed E-state index contributed by atoms with van der Waals surface area (Å²) in [6.07, 6.45) is 1.43. The standard InChI is InChI=1S/C23H20N2O4S/c1-14-4-6-15(7-5-14)17-12-30-22-21(17)23(27)25(13-24-22)11-18(26)16-8-9-19(28-2)20(10-16)29-3/h4-10,12-13H,11H2,1-3H3. The molecule has 0 N–H and O–H groups in total. The summed E-state index contributed by atoms with van der Waals surface area (Å²) in [6.45, 7) is 1.91. The fraction of sp³-hybridized carbons (Fsp3) is 0.174. The van der Waals surface area contributed by atoms with Crippen molar-refractivity contribution in [3.8, 4) is 22.6 Å². The van der Waals surface area contributed by atoms with E-state index in [4.69, 9.17) is 9.47 Å². The highest BCUT2D eigenvalue weighted by Gasteiger charge is 2.16. The van der Waals surface area contributed by atoms with Crippen LogP contribution in [0.25, 0.3) is 21.3 Å². The largest absolute Gasteiger partial charge is 0.493 e. The van der Waals surface area contributed by atoms with Gasteiger partial charge in [-0.25, -0.2) is 4.98 Å². The van der Waals surface area contributed by atoms with Crippen LogP contribution >= 0.6 is 11.3 Å². The van der Waals surface area contributed by atoms with Crippen molar-refractivity contribution in [2.75, 3.05) is 14.2 Å². The van der Waals surface area contributed by atoms with E-state index < -0.39 is 0 Å². The Morgan fingerprint density at radius 1 is 1.07 bits per heavy atom. The third-order valence-electron chi connectivity index (χ3n) is 4.94. The Balaban J connectivity index is 1.71. The predicted molar refractivity (Wildman–Crippen MR) is 118 cm³/mol. The molecule has 152 valence electrons. The molecule has 4 rings (SSSR count). The van der Waals surface area contributed by atoms with E-state index in [1.54, 1.807) is 18.2 Å². The van der Waals surface area contributed by atoms with Crippen LogP contribution in [-0.2, 0) is 6.54 Å². The average Bonchev–Trinajstić information content (AvgIpc) is 3.20. The number of ketones is 1. The first-order valence-electron chi connectivity index (χ1n) is 9.30. The summed E-state index contributed by atoms with van der Waals surface area (Å²) in [4.78, 5) is 31.0. The normalized spacial score (nSPS) is 10.9. The zero-order chi connectivity index (χ0) is 21.3. The molecule has 0 spiro atoms. The Morgan fingerprint density at radius 2 is 1.80 bits per heavy atom. The maximum Gasteiger partial charge on any atom is 0.263 e. The first-order valence-corrected chi connectivity index (χ1v) is 10.2. The molecule has 0 unspecified atom stereocenters. The third-order valence-corrected chi connectivity index (χ3v) is 5.83. The molecular weight excluding hydrogens is 400 g/mol. The fourth-order valence-corrected chi connectivity index (χ4v) is 4.19. The Kier molecular flexibility index (Phi) is 5.37. The van der Waals surface area contributed by atoms with E-state index in [2.05, 4.69) is 4.98 Å². The molecule has 0 amide bonds. The highest BCUT2D eigenvalue weighted by molar-refractivity contribution is 7.17. The summed E-state index contributed by atoms with van der Waals surface area (Å²) in [5, 5.41) is 2.47. The summed E-state index contributed by atoms with van der Waals surface area (Å²) in [5.74, 6) is 0.783. The van der Waals surface area contributed by atoms with Gasteiger partial charge in [-0.15, -0.1) is 11.3 Å². The molecule has 2 heterocycles. The Labute approximate surface area is 177 Å². The number of methoxy groups -OCH3 is 2. The molecule has 2 aromatic heterocycles. The van der Waals surface area contributed by atoms with Crippen LogP contribution in [0.3, 0.4) is 0 Å². The lowest BCUT2D eigenvalue weighted by Gasteiger charge is -2.10. The molecule has 2 aromatic carbocycles. The number of hydrogen-bond acceptors (Lipinski definition) is 6. The van der Waals surface area contributed by atoms with Gasteiger partial charge < -0.3 is 9.47 Å². The fourth-order valence-electron chi connectivity index (χ4n) is 3.28. The minimum atomic E-state index is -0.231. The highest BCUT2D eigenvalue weighted by atomic mass is 32.1.